The number of rotatable bonds is 5. The summed E-state index contributed by atoms with van der Waals surface area (Å²) in [5.74, 6) is 0. The second-order valence-electron chi connectivity index (χ2n) is 2.24. The summed E-state index contributed by atoms with van der Waals surface area (Å²) >= 11 is 0. The van der Waals surface area contributed by atoms with Gasteiger partial charge in [0.2, 0.25) is 0 Å². The first-order valence-electron chi connectivity index (χ1n) is 3.23. The quantitative estimate of drug-likeness (QED) is 0.436. The van der Waals surface area contributed by atoms with Crippen molar-refractivity contribution in [2.24, 2.45) is 0 Å². The largest absolute Gasteiger partial charge is 0.394 e. The Kier molecular flexibility index (Phi) is 5.52. The van der Waals surface area contributed by atoms with Crippen LogP contribution >= 0.6 is 0 Å². The van der Waals surface area contributed by atoms with Crippen molar-refractivity contribution in [1.29, 1.82) is 0 Å². The van der Waals surface area contributed by atoms with Gasteiger partial charge >= 0.3 is 0 Å². The Balaban J connectivity index is 3.27. The van der Waals surface area contributed by atoms with Crippen molar-refractivity contribution in [1.82, 2.24) is 0 Å². The Morgan fingerprint density at radius 3 is 2.30 bits per heavy atom. The Bertz CT molecular complexity index is 76.1. The molecule has 0 heterocycles. The van der Waals surface area contributed by atoms with E-state index in [4.69, 9.17) is 15.1 Å². The summed E-state index contributed by atoms with van der Waals surface area (Å²) in [7, 11) is 0. The van der Waals surface area contributed by atoms with Gasteiger partial charge in [0.05, 0.1) is 18.8 Å². The Labute approximate surface area is 60.3 Å². The number of hydrogen-bond donors (Lipinski definition) is 2. The fourth-order valence-corrected chi connectivity index (χ4v) is 0.584. The van der Waals surface area contributed by atoms with Crippen molar-refractivity contribution < 1.29 is 20.0 Å². The van der Waals surface area contributed by atoms with Crippen molar-refractivity contribution in [3.05, 3.63) is 0 Å². The standard InChI is InChI=1S/C6H14O4/c1-5(3-7)10-6(2)4-9-8/h5-8H,3-4H2,1-2H3. The van der Waals surface area contributed by atoms with Gasteiger partial charge in [-0.25, -0.2) is 4.89 Å². The molecule has 0 rings (SSSR count). The first-order valence-corrected chi connectivity index (χ1v) is 3.23. The SMILES string of the molecule is CC(CO)OC(C)COO. The average molecular weight is 150 g/mol. The minimum Gasteiger partial charge on any atom is -0.394 e. The summed E-state index contributed by atoms with van der Waals surface area (Å²) in [6.45, 7) is 3.61. The van der Waals surface area contributed by atoms with Crippen LogP contribution in [0, 0.1) is 0 Å². The lowest BCUT2D eigenvalue weighted by Crippen LogP contribution is -2.23. The molecule has 0 aliphatic rings. The predicted molar refractivity (Wildman–Crippen MR) is 35.7 cm³/mol. The fourth-order valence-electron chi connectivity index (χ4n) is 0.584. The van der Waals surface area contributed by atoms with Crippen LogP contribution in [0.5, 0.6) is 0 Å². The fraction of sp³-hybridized carbons (Fsp3) is 1.00. The van der Waals surface area contributed by atoms with Gasteiger partial charge in [-0.15, -0.1) is 0 Å². The zero-order chi connectivity index (χ0) is 7.98. The molecule has 0 amide bonds. The average Bonchev–Trinajstić information content (AvgIpc) is 1.88. The molecule has 0 aromatic heterocycles. The van der Waals surface area contributed by atoms with Gasteiger partial charge in [0.15, 0.2) is 0 Å². The highest BCUT2D eigenvalue weighted by Gasteiger charge is 2.06. The maximum atomic E-state index is 8.52. The Hall–Kier alpha value is -0.160. The highest BCUT2D eigenvalue weighted by Crippen LogP contribution is 1.96. The topological polar surface area (TPSA) is 58.9 Å². The summed E-state index contributed by atoms with van der Waals surface area (Å²) in [5, 5.41) is 16.5. The molecule has 0 aromatic rings. The Morgan fingerprint density at radius 1 is 1.30 bits per heavy atom. The van der Waals surface area contributed by atoms with Crippen LogP contribution in [0.1, 0.15) is 13.8 Å². The zero-order valence-electron chi connectivity index (χ0n) is 6.28. The van der Waals surface area contributed by atoms with Crippen molar-refractivity contribution >= 4 is 0 Å². The van der Waals surface area contributed by atoms with Gasteiger partial charge in [-0.1, -0.05) is 0 Å². The maximum absolute atomic E-state index is 8.52. The highest BCUT2D eigenvalue weighted by molar-refractivity contribution is 4.51. The van der Waals surface area contributed by atoms with Crippen LogP contribution in [0.25, 0.3) is 0 Å². The van der Waals surface area contributed by atoms with Crippen LogP contribution in [0.2, 0.25) is 0 Å². The van der Waals surface area contributed by atoms with Crippen LogP contribution in [-0.2, 0) is 9.62 Å². The third kappa shape index (κ3) is 4.69. The van der Waals surface area contributed by atoms with Gasteiger partial charge < -0.3 is 9.84 Å². The van der Waals surface area contributed by atoms with E-state index in [1.807, 2.05) is 0 Å². The molecule has 0 radical (unpaired) electrons. The lowest BCUT2D eigenvalue weighted by atomic mass is 10.4. The molecule has 4 heteroatoms. The molecule has 0 aromatic carbocycles. The molecule has 2 unspecified atom stereocenters. The third-order valence-electron chi connectivity index (χ3n) is 1.03. The van der Waals surface area contributed by atoms with E-state index >= 15 is 0 Å². The van der Waals surface area contributed by atoms with E-state index in [0.29, 0.717) is 0 Å². The summed E-state index contributed by atoms with van der Waals surface area (Å²) in [6, 6.07) is 0. The normalized spacial score (nSPS) is 16.8. The lowest BCUT2D eigenvalue weighted by Gasteiger charge is -2.15. The van der Waals surface area contributed by atoms with Gasteiger partial charge in [-0.3, -0.25) is 5.26 Å². The summed E-state index contributed by atoms with van der Waals surface area (Å²) in [4.78, 5) is 3.84. The molecule has 62 valence electrons. The molecule has 4 nitrogen and oxygen atoms in total. The maximum Gasteiger partial charge on any atom is 0.108 e. The summed E-state index contributed by atoms with van der Waals surface area (Å²) < 4.78 is 5.10. The van der Waals surface area contributed by atoms with E-state index in [1.165, 1.54) is 0 Å². The van der Waals surface area contributed by atoms with E-state index in [9.17, 15) is 0 Å². The van der Waals surface area contributed by atoms with Crippen molar-refractivity contribution in [2.45, 2.75) is 26.1 Å². The second-order valence-corrected chi connectivity index (χ2v) is 2.24. The van der Waals surface area contributed by atoms with E-state index in [1.54, 1.807) is 13.8 Å². The van der Waals surface area contributed by atoms with Gasteiger partial charge in [0.1, 0.15) is 6.61 Å². The molecule has 0 saturated carbocycles. The van der Waals surface area contributed by atoms with E-state index in [-0.39, 0.29) is 25.4 Å². The number of ether oxygens (including phenoxy) is 1. The molecule has 0 saturated heterocycles. The summed E-state index contributed by atoms with van der Waals surface area (Å²) in [6.07, 6.45) is -0.391. The predicted octanol–water partition coefficient (Wildman–Crippen LogP) is 0.262. The minimum atomic E-state index is -0.204. The third-order valence-corrected chi connectivity index (χ3v) is 1.03. The lowest BCUT2D eigenvalue weighted by molar-refractivity contribution is -0.261. The van der Waals surface area contributed by atoms with Crippen LogP contribution < -0.4 is 0 Å². The molecular weight excluding hydrogens is 136 g/mol. The van der Waals surface area contributed by atoms with E-state index in [0.717, 1.165) is 0 Å². The Morgan fingerprint density at radius 2 is 1.90 bits per heavy atom. The van der Waals surface area contributed by atoms with Crippen LogP contribution in [0.3, 0.4) is 0 Å². The number of aliphatic hydroxyl groups is 1. The van der Waals surface area contributed by atoms with Crippen LogP contribution in [-0.4, -0.2) is 35.8 Å². The number of hydrogen-bond acceptors (Lipinski definition) is 4. The van der Waals surface area contributed by atoms with Crippen molar-refractivity contribution in [3.8, 4) is 0 Å². The van der Waals surface area contributed by atoms with Gasteiger partial charge in [-0.05, 0) is 13.8 Å². The molecule has 2 atom stereocenters. The summed E-state index contributed by atoms with van der Waals surface area (Å²) in [5.41, 5.74) is 0. The van der Waals surface area contributed by atoms with Gasteiger partial charge in [-0.2, -0.15) is 0 Å². The molecule has 0 bridgehead atoms. The first kappa shape index (κ1) is 9.84. The van der Waals surface area contributed by atoms with Crippen molar-refractivity contribution in [2.75, 3.05) is 13.2 Å². The van der Waals surface area contributed by atoms with E-state index < -0.39 is 0 Å². The molecule has 0 aliphatic carbocycles. The molecule has 0 aliphatic heterocycles. The number of aliphatic hydroxyl groups excluding tert-OH is 1. The monoisotopic (exact) mass is 150 g/mol. The zero-order valence-corrected chi connectivity index (χ0v) is 6.28. The van der Waals surface area contributed by atoms with Crippen molar-refractivity contribution in [3.63, 3.8) is 0 Å². The molecule has 10 heavy (non-hydrogen) atoms. The van der Waals surface area contributed by atoms with E-state index in [2.05, 4.69) is 4.89 Å². The molecular formula is C6H14O4. The minimum absolute atomic E-state index is 0.0181. The highest BCUT2D eigenvalue weighted by atomic mass is 17.1. The molecule has 0 fully saturated rings. The van der Waals surface area contributed by atoms with Gasteiger partial charge in [0, 0.05) is 0 Å². The smallest absolute Gasteiger partial charge is 0.108 e. The molecule has 0 spiro atoms. The van der Waals surface area contributed by atoms with Gasteiger partial charge in [0.25, 0.3) is 0 Å². The first-order chi connectivity index (χ1) is 4.70. The van der Waals surface area contributed by atoms with Crippen LogP contribution in [0.15, 0.2) is 0 Å². The molecule has 2 N–H and O–H groups in total. The van der Waals surface area contributed by atoms with Crippen LogP contribution in [0.4, 0.5) is 0 Å². The second kappa shape index (κ2) is 5.61.